The molecule has 0 spiro atoms. The number of rotatable bonds is 0. The Labute approximate surface area is 74.1 Å². The van der Waals surface area contributed by atoms with Crippen LogP contribution in [0.1, 0.15) is 0 Å². The fraction of sp³-hybridized carbons (Fsp3) is 0. The SMILES string of the molecule is NC(=O)N=S(=O)=O.NNC(=O)NN. The standard InChI is InChI=1S/CH6N4O.CH2N2O3S/c2-4-1(6)5-3;2-1(4)3-7(5)6/h2-3H2,(H2,4,5,6);(H2,2,4). The highest BCUT2D eigenvalue weighted by molar-refractivity contribution is 7.62. The molecule has 8 N–H and O–H groups in total. The molecule has 0 unspecified atom stereocenters. The second kappa shape index (κ2) is 8.38. The maximum Gasteiger partial charge on any atom is 0.353 e. The van der Waals surface area contributed by atoms with E-state index in [0.717, 1.165) is 0 Å². The van der Waals surface area contributed by atoms with Gasteiger partial charge in [-0.3, -0.25) is 10.9 Å². The predicted octanol–water partition coefficient (Wildman–Crippen LogP) is -2.84. The topological polar surface area (TPSA) is 183 Å². The van der Waals surface area contributed by atoms with Gasteiger partial charge in [0.1, 0.15) is 0 Å². The van der Waals surface area contributed by atoms with E-state index in [9.17, 15) is 18.0 Å². The minimum absolute atomic E-state index is 0.602. The Kier molecular flexibility index (Phi) is 8.92. The van der Waals surface area contributed by atoms with Crippen LogP contribution in [0.25, 0.3) is 0 Å². The van der Waals surface area contributed by atoms with Gasteiger partial charge in [-0.1, -0.05) is 4.36 Å². The van der Waals surface area contributed by atoms with Gasteiger partial charge in [0.05, 0.1) is 0 Å². The fourth-order valence-corrected chi connectivity index (χ4v) is 0.262. The molecule has 4 amide bonds. The molecule has 13 heavy (non-hydrogen) atoms. The van der Waals surface area contributed by atoms with Crippen LogP contribution in [0.5, 0.6) is 0 Å². The second-order valence-corrected chi connectivity index (χ2v) is 1.88. The summed E-state index contributed by atoms with van der Waals surface area (Å²) in [6.45, 7) is 0. The molecule has 0 aliphatic rings. The zero-order chi connectivity index (χ0) is 10.9. The minimum Gasteiger partial charge on any atom is -0.349 e. The van der Waals surface area contributed by atoms with Crippen molar-refractivity contribution in [1.82, 2.24) is 10.9 Å². The van der Waals surface area contributed by atoms with Crippen molar-refractivity contribution in [3.63, 3.8) is 0 Å². The molecule has 0 heterocycles. The third-order valence-electron chi connectivity index (χ3n) is 0.427. The molecule has 0 fully saturated rings. The van der Waals surface area contributed by atoms with E-state index in [0.29, 0.717) is 0 Å². The molecule has 0 saturated carbocycles. The molecule has 0 aromatic rings. The number of primary amides is 1. The molecular formula is C2H8N6O4S. The lowest BCUT2D eigenvalue weighted by molar-refractivity contribution is 0.241. The van der Waals surface area contributed by atoms with Crippen LogP contribution in [0.2, 0.25) is 0 Å². The average molecular weight is 212 g/mol. The van der Waals surface area contributed by atoms with Crippen molar-refractivity contribution in [3.8, 4) is 0 Å². The van der Waals surface area contributed by atoms with Gasteiger partial charge >= 0.3 is 22.6 Å². The Morgan fingerprint density at radius 1 is 1.15 bits per heavy atom. The highest BCUT2D eigenvalue weighted by Crippen LogP contribution is 1.60. The number of nitrogens with one attached hydrogen (secondary N) is 2. The maximum atomic E-state index is 9.71. The van der Waals surface area contributed by atoms with Gasteiger partial charge in [0, 0.05) is 0 Å². The first-order chi connectivity index (χ1) is 5.93. The minimum atomic E-state index is -2.70. The summed E-state index contributed by atoms with van der Waals surface area (Å²) in [5.74, 6) is 9.08. The van der Waals surface area contributed by atoms with E-state index >= 15 is 0 Å². The number of hydrogen-bond donors (Lipinski definition) is 5. The number of carbonyl (C=O) groups excluding carboxylic acids is 2. The van der Waals surface area contributed by atoms with Crippen LogP contribution in [0.15, 0.2) is 4.36 Å². The van der Waals surface area contributed by atoms with Gasteiger partial charge in [-0.05, 0) is 0 Å². The first-order valence-corrected chi connectivity index (χ1v) is 3.55. The molecule has 0 saturated heterocycles. The van der Waals surface area contributed by atoms with Crippen LogP contribution in [0.4, 0.5) is 9.59 Å². The summed E-state index contributed by atoms with van der Waals surface area (Å²) in [6, 6.07) is -1.80. The Morgan fingerprint density at radius 2 is 1.54 bits per heavy atom. The number of hydrogen-bond acceptors (Lipinski definition) is 6. The van der Waals surface area contributed by atoms with Gasteiger partial charge in [-0.25, -0.2) is 21.3 Å². The Hall–Kier alpha value is -1.72. The van der Waals surface area contributed by atoms with Crippen LogP contribution in [0, 0.1) is 0 Å². The van der Waals surface area contributed by atoms with Gasteiger partial charge in [0.2, 0.25) is 0 Å². The monoisotopic (exact) mass is 212 g/mol. The highest BCUT2D eigenvalue weighted by atomic mass is 32.2. The van der Waals surface area contributed by atoms with Crippen LogP contribution >= 0.6 is 0 Å². The summed E-state index contributed by atoms with van der Waals surface area (Å²) in [6.07, 6.45) is 0. The highest BCUT2D eigenvalue weighted by Gasteiger charge is 1.83. The first-order valence-electron chi connectivity index (χ1n) is 2.51. The smallest absolute Gasteiger partial charge is 0.349 e. The third kappa shape index (κ3) is 17.9. The summed E-state index contributed by atoms with van der Waals surface area (Å²) >= 11 is 0. The normalized spacial score (nSPS) is 7.23. The lowest BCUT2D eigenvalue weighted by Crippen LogP contribution is -2.43. The summed E-state index contributed by atoms with van der Waals surface area (Å²) in [7, 11) is -2.70. The van der Waals surface area contributed by atoms with E-state index in [2.05, 4.69) is 21.8 Å². The lowest BCUT2D eigenvalue weighted by atomic mass is 11.1. The van der Waals surface area contributed by atoms with Crippen molar-refractivity contribution in [3.05, 3.63) is 0 Å². The van der Waals surface area contributed by atoms with Crippen molar-refractivity contribution in [2.24, 2.45) is 21.8 Å². The number of carbonyl (C=O) groups is 2. The molecule has 0 aromatic heterocycles. The zero-order valence-corrected chi connectivity index (χ0v) is 7.04. The molecule has 0 aromatic carbocycles. The Balaban J connectivity index is 0. The molecule has 0 aliphatic carbocycles. The maximum absolute atomic E-state index is 9.71. The molecule has 0 radical (unpaired) electrons. The van der Waals surface area contributed by atoms with E-state index in [1.165, 1.54) is 0 Å². The fourth-order valence-electron chi connectivity index (χ4n) is 0.115. The molecule has 0 atom stereocenters. The molecule has 0 bridgehead atoms. The number of hydrazine groups is 2. The largest absolute Gasteiger partial charge is 0.353 e. The van der Waals surface area contributed by atoms with E-state index in [-0.39, 0.29) is 0 Å². The summed E-state index contributed by atoms with van der Waals surface area (Å²) < 4.78 is 21.0. The number of amides is 4. The van der Waals surface area contributed by atoms with Crippen LogP contribution in [-0.2, 0) is 10.5 Å². The van der Waals surface area contributed by atoms with Crippen LogP contribution < -0.4 is 28.3 Å². The van der Waals surface area contributed by atoms with Gasteiger partial charge in [0.15, 0.2) is 0 Å². The van der Waals surface area contributed by atoms with E-state index < -0.39 is 22.6 Å². The molecule has 76 valence electrons. The van der Waals surface area contributed by atoms with Crippen molar-refractivity contribution in [1.29, 1.82) is 0 Å². The van der Waals surface area contributed by atoms with Crippen LogP contribution in [0.3, 0.4) is 0 Å². The molecule has 10 nitrogen and oxygen atoms in total. The molecule has 11 heteroatoms. The van der Waals surface area contributed by atoms with Crippen molar-refractivity contribution < 1.29 is 18.0 Å². The summed E-state index contributed by atoms with van der Waals surface area (Å²) in [5, 5.41) is 0. The summed E-state index contributed by atoms with van der Waals surface area (Å²) in [5.41, 5.74) is 7.77. The molecular weight excluding hydrogens is 204 g/mol. The predicted molar refractivity (Wildman–Crippen MR) is 41.0 cm³/mol. The number of urea groups is 2. The second-order valence-electron chi connectivity index (χ2n) is 1.26. The van der Waals surface area contributed by atoms with Crippen molar-refractivity contribution >= 4 is 22.6 Å². The Bertz CT molecular complexity index is 280. The number of nitrogens with zero attached hydrogens (tertiary/aromatic N) is 1. The third-order valence-corrected chi connectivity index (χ3v) is 0.756. The zero-order valence-electron chi connectivity index (χ0n) is 6.22. The van der Waals surface area contributed by atoms with Gasteiger partial charge in [-0.2, -0.15) is 8.42 Å². The van der Waals surface area contributed by atoms with Gasteiger partial charge in [0.25, 0.3) is 0 Å². The lowest BCUT2D eigenvalue weighted by Gasteiger charge is -1.90. The van der Waals surface area contributed by atoms with E-state index in [1.807, 2.05) is 0 Å². The number of nitrogens with two attached hydrogens (primary N) is 3. The van der Waals surface area contributed by atoms with Crippen LogP contribution in [-0.4, -0.2) is 20.5 Å². The first kappa shape index (κ1) is 13.8. The van der Waals surface area contributed by atoms with Crippen molar-refractivity contribution in [2.75, 3.05) is 0 Å². The molecule has 0 aliphatic heterocycles. The van der Waals surface area contributed by atoms with Crippen molar-refractivity contribution in [2.45, 2.75) is 0 Å². The molecule has 0 rings (SSSR count). The summed E-state index contributed by atoms with van der Waals surface area (Å²) in [4.78, 5) is 19.2. The van der Waals surface area contributed by atoms with Gasteiger partial charge < -0.3 is 5.73 Å². The van der Waals surface area contributed by atoms with E-state index in [1.54, 1.807) is 10.9 Å². The average Bonchev–Trinajstić information content (AvgIpc) is 2.01. The van der Waals surface area contributed by atoms with Gasteiger partial charge in [-0.15, -0.1) is 0 Å². The quantitative estimate of drug-likeness (QED) is 0.163. The Morgan fingerprint density at radius 3 is 1.54 bits per heavy atom. The van der Waals surface area contributed by atoms with E-state index in [4.69, 9.17) is 0 Å².